The maximum Gasteiger partial charge on any atom is 0.119 e. The number of ether oxygens (including phenoxy) is 1. The first-order chi connectivity index (χ1) is 12.9. The van der Waals surface area contributed by atoms with Crippen LogP contribution in [0.15, 0.2) is 36.4 Å². The Bertz CT molecular complexity index is 704. The number of aryl methyl sites for hydroxylation is 3. The van der Waals surface area contributed by atoms with Crippen LogP contribution in [-0.4, -0.2) is 35.6 Å². The van der Waals surface area contributed by atoms with E-state index in [1.54, 1.807) is 0 Å². The van der Waals surface area contributed by atoms with Gasteiger partial charge >= 0.3 is 0 Å². The highest BCUT2D eigenvalue weighted by Crippen LogP contribution is 2.31. The van der Waals surface area contributed by atoms with E-state index < -0.39 is 5.54 Å². The van der Waals surface area contributed by atoms with Crippen molar-refractivity contribution in [2.75, 3.05) is 19.8 Å². The predicted octanol–water partition coefficient (Wildman–Crippen LogP) is 4.19. The SMILES string of the molecule is CCCCOc1cc(C)c(-c2ccc(CCC(N)(CO)CO)cc2)c(C)c1.Cl. The molecule has 0 aromatic heterocycles. The van der Waals surface area contributed by atoms with Gasteiger partial charge in [-0.05, 0) is 73.1 Å². The summed E-state index contributed by atoms with van der Waals surface area (Å²) < 4.78 is 5.85. The van der Waals surface area contributed by atoms with Crippen molar-refractivity contribution in [3.8, 4) is 16.9 Å². The quantitative estimate of drug-likeness (QED) is 0.516. The fourth-order valence-electron chi connectivity index (χ4n) is 3.24. The van der Waals surface area contributed by atoms with Gasteiger partial charge in [-0.1, -0.05) is 37.6 Å². The third-order valence-electron chi connectivity index (χ3n) is 5.06. The molecule has 0 heterocycles. The van der Waals surface area contributed by atoms with Crippen LogP contribution < -0.4 is 10.5 Å². The Hall–Kier alpha value is -1.59. The minimum absolute atomic E-state index is 0. The normalized spacial score (nSPS) is 11.2. The van der Waals surface area contributed by atoms with Crippen molar-refractivity contribution in [3.63, 3.8) is 0 Å². The average Bonchev–Trinajstić information content (AvgIpc) is 2.67. The number of nitrogens with two attached hydrogens (primary N) is 1. The molecule has 0 amide bonds. The summed E-state index contributed by atoms with van der Waals surface area (Å²) in [7, 11) is 0. The Balaban J connectivity index is 0.00000392. The van der Waals surface area contributed by atoms with Gasteiger partial charge in [0.15, 0.2) is 0 Å². The molecular formula is C23H34ClNO3. The summed E-state index contributed by atoms with van der Waals surface area (Å²) in [6.07, 6.45) is 3.46. The van der Waals surface area contributed by atoms with E-state index in [2.05, 4.69) is 57.2 Å². The number of aliphatic hydroxyl groups is 2. The summed E-state index contributed by atoms with van der Waals surface area (Å²) in [5.41, 5.74) is 11.0. The second kappa shape index (κ2) is 11.4. The van der Waals surface area contributed by atoms with Crippen LogP contribution in [0.1, 0.15) is 42.9 Å². The van der Waals surface area contributed by atoms with Gasteiger partial charge in [0.05, 0.1) is 25.4 Å². The van der Waals surface area contributed by atoms with Crippen molar-refractivity contribution >= 4 is 12.4 Å². The maximum absolute atomic E-state index is 9.31. The first-order valence-corrected chi connectivity index (χ1v) is 9.76. The Morgan fingerprint density at radius 2 is 1.57 bits per heavy atom. The molecule has 0 aliphatic carbocycles. The van der Waals surface area contributed by atoms with Crippen LogP contribution in [0, 0.1) is 13.8 Å². The molecule has 0 fully saturated rings. The lowest BCUT2D eigenvalue weighted by Gasteiger charge is -2.24. The topological polar surface area (TPSA) is 75.7 Å². The van der Waals surface area contributed by atoms with Crippen molar-refractivity contribution in [3.05, 3.63) is 53.1 Å². The minimum atomic E-state index is -0.917. The molecule has 4 N–H and O–H groups in total. The number of benzene rings is 2. The number of unbranched alkanes of at least 4 members (excludes halogenated alkanes) is 1. The van der Waals surface area contributed by atoms with Gasteiger partial charge in [0, 0.05) is 0 Å². The molecule has 28 heavy (non-hydrogen) atoms. The maximum atomic E-state index is 9.31. The lowest BCUT2D eigenvalue weighted by Crippen LogP contribution is -2.47. The highest BCUT2D eigenvalue weighted by atomic mass is 35.5. The average molecular weight is 408 g/mol. The molecular weight excluding hydrogens is 374 g/mol. The van der Waals surface area contributed by atoms with Gasteiger partial charge in [0.2, 0.25) is 0 Å². The largest absolute Gasteiger partial charge is 0.494 e. The predicted molar refractivity (Wildman–Crippen MR) is 118 cm³/mol. The van der Waals surface area contributed by atoms with E-state index in [1.807, 2.05) is 0 Å². The molecule has 0 aliphatic heterocycles. The molecule has 0 spiro atoms. The van der Waals surface area contributed by atoms with Crippen LogP contribution in [0.2, 0.25) is 0 Å². The molecule has 0 bridgehead atoms. The second-order valence-electron chi connectivity index (χ2n) is 7.51. The van der Waals surface area contributed by atoms with E-state index in [0.29, 0.717) is 6.42 Å². The van der Waals surface area contributed by atoms with E-state index in [4.69, 9.17) is 10.5 Å². The third-order valence-corrected chi connectivity index (χ3v) is 5.06. The van der Waals surface area contributed by atoms with Gasteiger partial charge in [0.1, 0.15) is 5.75 Å². The summed E-state index contributed by atoms with van der Waals surface area (Å²) in [5, 5.41) is 18.6. The summed E-state index contributed by atoms with van der Waals surface area (Å²) >= 11 is 0. The third kappa shape index (κ3) is 6.49. The van der Waals surface area contributed by atoms with E-state index in [1.165, 1.54) is 22.3 Å². The standard InChI is InChI=1S/C23H33NO3.ClH/c1-4-5-12-27-21-13-17(2)22(18(3)14-21)20-8-6-19(7-9-20)10-11-23(24,15-25)16-26;/h6-9,13-14,25-26H,4-5,10-12,15-16,24H2,1-3H3;1H. The van der Waals surface area contributed by atoms with Crippen molar-refractivity contribution in [1.82, 2.24) is 0 Å². The molecule has 0 unspecified atom stereocenters. The lowest BCUT2D eigenvalue weighted by atomic mass is 9.91. The first-order valence-electron chi connectivity index (χ1n) is 9.76. The van der Waals surface area contributed by atoms with Crippen molar-refractivity contribution in [2.45, 2.75) is 52.0 Å². The van der Waals surface area contributed by atoms with Gasteiger partial charge < -0.3 is 20.7 Å². The van der Waals surface area contributed by atoms with Gasteiger partial charge in [0.25, 0.3) is 0 Å². The Morgan fingerprint density at radius 3 is 2.07 bits per heavy atom. The molecule has 2 rings (SSSR count). The first kappa shape index (κ1) is 24.4. The van der Waals surface area contributed by atoms with Gasteiger partial charge in [-0.2, -0.15) is 0 Å². The fourth-order valence-corrected chi connectivity index (χ4v) is 3.24. The second-order valence-corrected chi connectivity index (χ2v) is 7.51. The zero-order valence-corrected chi connectivity index (χ0v) is 18.0. The molecule has 0 saturated carbocycles. The summed E-state index contributed by atoms with van der Waals surface area (Å²) in [6.45, 7) is 6.73. The minimum Gasteiger partial charge on any atom is -0.494 e. The molecule has 156 valence electrons. The molecule has 0 radical (unpaired) electrons. The molecule has 0 aliphatic rings. The van der Waals surface area contributed by atoms with Gasteiger partial charge in [-0.15, -0.1) is 12.4 Å². The van der Waals surface area contributed by atoms with Crippen molar-refractivity contribution in [1.29, 1.82) is 0 Å². The molecule has 2 aromatic carbocycles. The number of hydrogen-bond donors (Lipinski definition) is 3. The Morgan fingerprint density at radius 1 is 1.00 bits per heavy atom. The van der Waals surface area contributed by atoms with Crippen LogP contribution in [0.25, 0.3) is 11.1 Å². The van der Waals surface area contributed by atoms with Crippen molar-refractivity contribution in [2.24, 2.45) is 5.73 Å². The summed E-state index contributed by atoms with van der Waals surface area (Å²) in [5.74, 6) is 0.936. The van der Waals surface area contributed by atoms with Crippen LogP contribution in [0.4, 0.5) is 0 Å². The fraction of sp³-hybridized carbons (Fsp3) is 0.478. The number of hydrogen-bond acceptors (Lipinski definition) is 4. The van der Waals surface area contributed by atoms with Crippen LogP contribution in [0.5, 0.6) is 5.75 Å². The molecule has 4 nitrogen and oxygen atoms in total. The van der Waals surface area contributed by atoms with E-state index in [9.17, 15) is 10.2 Å². The molecule has 0 atom stereocenters. The molecule has 0 saturated heterocycles. The van der Waals surface area contributed by atoms with E-state index in [0.717, 1.165) is 37.2 Å². The lowest BCUT2D eigenvalue weighted by molar-refractivity contribution is 0.115. The number of halogens is 1. The van der Waals surface area contributed by atoms with Gasteiger partial charge in [-0.25, -0.2) is 0 Å². The summed E-state index contributed by atoms with van der Waals surface area (Å²) in [4.78, 5) is 0. The summed E-state index contributed by atoms with van der Waals surface area (Å²) in [6, 6.07) is 12.6. The van der Waals surface area contributed by atoms with Crippen molar-refractivity contribution < 1.29 is 14.9 Å². The Kier molecular flexibility index (Phi) is 9.97. The van der Waals surface area contributed by atoms with E-state index in [-0.39, 0.29) is 25.6 Å². The molecule has 2 aromatic rings. The van der Waals surface area contributed by atoms with Crippen LogP contribution in [-0.2, 0) is 6.42 Å². The van der Waals surface area contributed by atoms with Crippen LogP contribution in [0.3, 0.4) is 0 Å². The number of aliphatic hydroxyl groups excluding tert-OH is 2. The highest BCUT2D eigenvalue weighted by molar-refractivity contribution is 5.85. The zero-order valence-electron chi connectivity index (χ0n) is 17.2. The smallest absolute Gasteiger partial charge is 0.119 e. The molecule has 5 heteroatoms. The Labute approximate surface area is 175 Å². The zero-order chi connectivity index (χ0) is 19.9. The van der Waals surface area contributed by atoms with Gasteiger partial charge in [-0.3, -0.25) is 0 Å². The van der Waals surface area contributed by atoms with E-state index >= 15 is 0 Å². The number of rotatable bonds is 10. The van der Waals surface area contributed by atoms with Crippen LogP contribution >= 0.6 is 12.4 Å². The monoisotopic (exact) mass is 407 g/mol. The highest BCUT2D eigenvalue weighted by Gasteiger charge is 2.22.